The van der Waals surface area contributed by atoms with Crippen LogP contribution in [0.4, 0.5) is 13.2 Å². The van der Waals surface area contributed by atoms with Gasteiger partial charge in [0.2, 0.25) is 0 Å². The van der Waals surface area contributed by atoms with Gasteiger partial charge in [-0.3, -0.25) is 4.40 Å². The topological polar surface area (TPSA) is 97.9 Å². The zero-order valence-corrected chi connectivity index (χ0v) is 20.4. The van der Waals surface area contributed by atoms with Gasteiger partial charge in [0.1, 0.15) is 16.9 Å². The van der Waals surface area contributed by atoms with E-state index in [1.807, 2.05) is 36.5 Å². The molecule has 0 bridgehead atoms. The van der Waals surface area contributed by atoms with E-state index in [4.69, 9.17) is 0 Å². The third kappa shape index (κ3) is 3.67. The number of nitrogens with zero attached hydrogens (tertiary/aromatic N) is 5. The normalized spacial score (nSPS) is 12.8. The van der Waals surface area contributed by atoms with Gasteiger partial charge >= 0.3 is 6.18 Å². The maximum atomic E-state index is 13.3. The zero-order valence-electron chi connectivity index (χ0n) is 19.6. The molecule has 0 atom stereocenters. The summed E-state index contributed by atoms with van der Waals surface area (Å²) in [6, 6.07) is 12.3. The second kappa shape index (κ2) is 7.90. The molecule has 8 nitrogen and oxygen atoms in total. The van der Waals surface area contributed by atoms with Crippen molar-refractivity contribution in [3.8, 4) is 22.6 Å². The Balaban J connectivity index is 1.59. The van der Waals surface area contributed by atoms with Crippen molar-refractivity contribution in [3.05, 3.63) is 66.6 Å². The molecule has 6 aromatic rings. The molecule has 0 fully saturated rings. The molecule has 0 aliphatic heterocycles. The first kappa shape index (κ1) is 23.2. The monoisotopic (exact) mass is 524 g/mol. The standard InChI is InChI=1S/C25H19F3N6O2S/c1-3-37(35,36)24-21(23-31-19-11-17(25(26,27)28)12-30-22(19)33(23)2)32-20-7-5-16(13-34(20)24)14-4-6-18-15(10-14)8-9-29-18/h4-13,29H,3H2,1-2H3. The van der Waals surface area contributed by atoms with Crippen molar-refractivity contribution in [3.63, 3.8) is 0 Å². The number of pyridine rings is 2. The van der Waals surface area contributed by atoms with Gasteiger partial charge in [0.15, 0.2) is 26.3 Å². The number of alkyl halides is 3. The largest absolute Gasteiger partial charge is 0.417 e. The summed E-state index contributed by atoms with van der Waals surface area (Å²) in [5, 5.41) is 0.930. The molecule has 0 spiro atoms. The molecular formula is C25H19F3N6O2S. The van der Waals surface area contributed by atoms with Gasteiger partial charge in [-0.1, -0.05) is 13.0 Å². The molecule has 5 heterocycles. The number of aromatic nitrogens is 6. The van der Waals surface area contributed by atoms with Crippen LogP contribution in [0.3, 0.4) is 0 Å². The first-order chi connectivity index (χ1) is 17.6. The summed E-state index contributed by atoms with van der Waals surface area (Å²) in [7, 11) is -2.26. The van der Waals surface area contributed by atoms with Gasteiger partial charge < -0.3 is 9.55 Å². The third-order valence-electron chi connectivity index (χ3n) is 6.38. The summed E-state index contributed by atoms with van der Waals surface area (Å²) in [6.45, 7) is 1.52. The van der Waals surface area contributed by atoms with Crippen LogP contribution in [0.15, 0.2) is 66.1 Å². The Bertz CT molecular complexity index is 1950. The van der Waals surface area contributed by atoms with Crippen molar-refractivity contribution in [1.82, 2.24) is 28.9 Å². The van der Waals surface area contributed by atoms with E-state index < -0.39 is 21.6 Å². The zero-order chi connectivity index (χ0) is 26.1. The van der Waals surface area contributed by atoms with Crippen LogP contribution >= 0.6 is 0 Å². The summed E-state index contributed by atoms with van der Waals surface area (Å²) >= 11 is 0. The van der Waals surface area contributed by atoms with Crippen molar-refractivity contribution >= 4 is 37.6 Å². The van der Waals surface area contributed by atoms with E-state index in [0.29, 0.717) is 5.65 Å². The van der Waals surface area contributed by atoms with Crippen LogP contribution in [0, 0.1) is 0 Å². The van der Waals surface area contributed by atoms with E-state index in [0.717, 1.165) is 34.3 Å². The van der Waals surface area contributed by atoms with Crippen LogP contribution < -0.4 is 0 Å². The lowest BCUT2D eigenvalue weighted by molar-refractivity contribution is -0.137. The summed E-state index contributed by atoms with van der Waals surface area (Å²) in [5.74, 6) is -0.0962. The van der Waals surface area contributed by atoms with Crippen molar-refractivity contribution in [1.29, 1.82) is 0 Å². The molecule has 37 heavy (non-hydrogen) atoms. The van der Waals surface area contributed by atoms with Crippen molar-refractivity contribution in [2.24, 2.45) is 7.05 Å². The highest BCUT2D eigenvalue weighted by atomic mass is 32.2. The lowest BCUT2D eigenvalue weighted by Crippen LogP contribution is -2.10. The number of hydrogen-bond acceptors (Lipinski definition) is 5. The average molecular weight is 525 g/mol. The summed E-state index contributed by atoms with van der Waals surface area (Å²) in [4.78, 5) is 15.9. The molecule has 12 heteroatoms. The summed E-state index contributed by atoms with van der Waals surface area (Å²) in [6.07, 6.45) is -0.312. The summed E-state index contributed by atoms with van der Waals surface area (Å²) < 4.78 is 69.2. The smallest absolute Gasteiger partial charge is 0.361 e. The van der Waals surface area contributed by atoms with Crippen LogP contribution in [0.25, 0.3) is 50.4 Å². The van der Waals surface area contributed by atoms with Crippen LogP contribution in [-0.4, -0.2) is 43.1 Å². The second-order valence-corrected chi connectivity index (χ2v) is 10.8. The second-order valence-electron chi connectivity index (χ2n) is 8.65. The van der Waals surface area contributed by atoms with E-state index in [1.165, 1.54) is 15.9 Å². The Morgan fingerprint density at radius 2 is 1.81 bits per heavy atom. The predicted molar refractivity (Wildman–Crippen MR) is 133 cm³/mol. The number of rotatable bonds is 4. The maximum absolute atomic E-state index is 13.3. The fourth-order valence-electron chi connectivity index (χ4n) is 4.45. The number of aryl methyl sites for hydroxylation is 1. The van der Waals surface area contributed by atoms with Crippen LogP contribution in [0.1, 0.15) is 12.5 Å². The molecule has 0 aliphatic carbocycles. The molecule has 0 unspecified atom stereocenters. The Hall–Kier alpha value is -4.19. The Labute approximate surface area is 208 Å². The average Bonchev–Trinajstić information content (AvgIpc) is 3.57. The minimum Gasteiger partial charge on any atom is -0.361 e. The molecular weight excluding hydrogens is 505 g/mol. The minimum atomic E-state index is -4.58. The van der Waals surface area contributed by atoms with Crippen LogP contribution in [0.2, 0.25) is 0 Å². The highest BCUT2D eigenvalue weighted by Crippen LogP contribution is 2.34. The lowest BCUT2D eigenvalue weighted by Gasteiger charge is -2.08. The van der Waals surface area contributed by atoms with E-state index >= 15 is 0 Å². The maximum Gasteiger partial charge on any atom is 0.417 e. The molecule has 0 radical (unpaired) electrons. The predicted octanol–water partition coefficient (Wildman–Crippen LogP) is 5.24. The number of H-pyrrole nitrogens is 1. The van der Waals surface area contributed by atoms with Gasteiger partial charge in [-0.2, -0.15) is 13.2 Å². The van der Waals surface area contributed by atoms with Crippen LogP contribution in [-0.2, 0) is 23.1 Å². The van der Waals surface area contributed by atoms with E-state index in [-0.39, 0.29) is 33.5 Å². The highest BCUT2D eigenvalue weighted by molar-refractivity contribution is 7.91. The Morgan fingerprint density at radius 1 is 1.03 bits per heavy atom. The fourth-order valence-corrected chi connectivity index (χ4v) is 5.60. The quantitative estimate of drug-likeness (QED) is 0.340. The minimum absolute atomic E-state index is 0.00952. The van der Waals surface area contributed by atoms with Crippen molar-refractivity contribution in [2.75, 3.05) is 5.75 Å². The van der Waals surface area contributed by atoms with Gasteiger partial charge in [0.25, 0.3) is 0 Å². The molecule has 1 aromatic carbocycles. The lowest BCUT2D eigenvalue weighted by atomic mass is 10.1. The number of sulfone groups is 1. The summed E-state index contributed by atoms with van der Waals surface area (Å²) in [5.41, 5.74) is 2.28. The number of imidazole rings is 2. The number of halogens is 3. The number of aromatic amines is 1. The van der Waals surface area contributed by atoms with Gasteiger partial charge in [0, 0.05) is 31.2 Å². The molecule has 188 valence electrons. The molecule has 1 N–H and O–H groups in total. The Kier molecular flexibility index (Phi) is 4.96. The fraction of sp³-hybridized carbons (Fsp3) is 0.160. The first-order valence-corrected chi connectivity index (χ1v) is 12.9. The molecule has 6 rings (SSSR count). The number of nitrogens with one attached hydrogen (secondary N) is 1. The van der Waals surface area contributed by atoms with Crippen molar-refractivity contribution in [2.45, 2.75) is 18.1 Å². The van der Waals surface area contributed by atoms with Crippen LogP contribution in [0.5, 0.6) is 0 Å². The Morgan fingerprint density at radius 3 is 2.57 bits per heavy atom. The third-order valence-corrected chi connectivity index (χ3v) is 8.12. The number of benzene rings is 1. The van der Waals surface area contributed by atoms with E-state index in [9.17, 15) is 21.6 Å². The molecule has 0 saturated carbocycles. The number of hydrogen-bond donors (Lipinski definition) is 1. The molecule has 0 amide bonds. The highest BCUT2D eigenvalue weighted by Gasteiger charge is 2.33. The molecule has 0 saturated heterocycles. The van der Waals surface area contributed by atoms with Gasteiger partial charge in [0.05, 0.1) is 11.3 Å². The molecule has 5 aromatic heterocycles. The molecule has 0 aliphatic rings. The van der Waals surface area contributed by atoms with Gasteiger partial charge in [-0.15, -0.1) is 0 Å². The SMILES string of the molecule is CCS(=O)(=O)c1c(-c2nc3cc(C(F)(F)F)cnc3n2C)nc2ccc(-c3ccc4[nH]ccc4c3)cn12. The first-order valence-electron chi connectivity index (χ1n) is 11.3. The van der Waals surface area contributed by atoms with Gasteiger partial charge in [-0.05, 0) is 52.9 Å². The van der Waals surface area contributed by atoms with Gasteiger partial charge in [-0.25, -0.2) is 23.4 Å². The van der Waals surface area contributed by atoms with Crippen molar-refractivity contribution < 1.29 is 21.6 Å². The number of fused-ring (bicyclic) bond motifs is 3. The van der Waals surface area contributed by atoms with E-state index in [2.05, 4.69) is 19.9 Å². The van der Waals surface area contributed by atoms with E-state index in [1.54, 1.807) is 19.3 Å².